The van der Waals surface area contributed by atoms with Crippen molar-refractivity contribution in [3.8, 4) is 17.0 Å². The minimum absolute atomic E-state index is 0.0911. The summed E-state index contributed by atoms with van der Waals surface area (Å²) >= 11 is 0. The van der Waals surface area contributed by atoms with Crippen molar-refractivity contribution in [3.63, 3.8) is 0 Å². The normalized spacial score (nSPS) is 11.2. The summed E-state index contributed by atoms with van der Waals surface area (Å²) in [6, 6.07) is 17.2. The zero-order valence-corrected chi connectivity index (χ0v) is 16.9. The molecule has 0 aliphatic carbocycles. The second kappa shape index (κ2) is 8.42. The molecule has 0 bridgehead atoms. The number of nitrogens with zero attached hydrogens (tertiary/aromatic N) is 1. The van der Waals surface area contributed by atoms with E-state index in [-0.39, 0.29) is 17.2 Å². The van der Waals surface area contributed by atoms with E-state index < -0.39 is 15.9 Å². The highest BCUT2D eigenvalue weighted by atomic mass is 32.2. The lowest BCUT2D eigenvalue weighted by Gasteiger charge is -2.11. The lowest BCUT2D eigenvalue weighted by Crippen LogP contribution is -2.23. The Kier molecular flexibility index (Phi) is 5.95. The average molecular weight is 411 g/mol. The molecule has 1 aromatic heterocycles. The number of primary amides is 1. The fourth-order valence-corrected chi connectivity index (χ4v) is 4.06. The number of hydrogen-bond donors (Lipinski definition) is 2. The van der Waals surface area contributed by atoms with Gasteiger partial charge in [-0.05, 0) is 36.8 Å². The fraction of sp³-hybridized carbons (Fsp3) is 0.143. The van der Waals surface area contributed by atoms with E-state index in [9.17, 15) is 13.2 Å². The Hall–Kier alpha value is -3.23. The minimum atomic E-state index is -3.71. The van der Waals surface area contributed by atoms with Gasteiger partial charge in [0.15, 0.2) is 0 Å². The van der Waals surface area contributed by atoms with Gasteiger partial charge in [-0.3, -0.25) is 9.78 Å². The van der Waals surface area contributed by atoms with Crippen LogP contribution in [0.4, 0.5) is 0 Å². The molecule has 8 heteroatoms. The molecule has 2 aromatic carbocycles. The number of aromatic nitrogens is 1. The lowest BCUT2D eigenvalue weighted by atomic mass is 10.1. The van der Waals surface area contributed by atoms with Crippen LogP contribution in [0.15, 0.2) is 65.6 Å². The number of amides is 1. The summed E-state index contributed by atoms with van der Waals surface area (Å²) in [6.07, 6.45) is 0. The first kappa shape index (κ1) is 20.5. The number of rotatable bonds is 7. The van der Waals surface area contributed by atoms with Gasteiger partial charge in [0.25, 0.3) is 5.91 Å². The van der Waals surface area contributed by atoms with Gasteiger partial charge < -0.3 is 10.5 Å². The third-order valence-corrected chi connectivity index (χ3v) is 5.87. The maximum atomic E-state index is 12.6. The largest absolute Gasteiger partial charge is 0.495 e. The summed E-state index contributed by atoms with van der Waals surface area (Å²) < 4.78 is 32.8. The molecule has 0 radical (unpaired) electrons. The van der Waals surface area contributed by atoms with Gasteiger partial charge in [0.05, 0.1) is 24.1 Å². The number of hydrogen-bond acceptors (Lipinski definition) is 5. The van der Waals surface area contributed by atoms with E-state index in [1.54, 1.807) is 37.3 Å². The van der Waals surface area contributed by atoms with E-state index in [1.165, 1.54) is 13.2 Å². The molecule has 0 atom stereocenters. The topological polar surface area (TPSA) is 111 Å². The van der Waals surface area contributed by atoms with E-state index in [4.69, 9.17) is 10.5 Å². The maximum Gasteiger partial charge on any atom is 0.250 e. The van der Waals surface area contributed by atoms with Crippen molar-refractivity contribution < 1.29 is 17.9 Å². The summed E-state index contributed by atoms with van der Waals surface area (Å²) in [5.41, 5.74) is 8.59. The second-order valence-electron chi connectivity index (χ2n) is 6.37. The van der Waals surface area contributed by atoms with Crippen LogP contribution >= 0.6 is 0 Å². The highest BCUT2D eigenvalue weighted by Gasteiger charge is 2.18. The molecule has 0 spiro atoms. The maximum absolute atomic E-state index is 12.6. The first-order valence-electron chi connectivity index (χ1n) is 8.81. The molecule has 0 saturated heterocycles. The summed E-state index contributed by atoms with van der Waals surface area (Å²) in [5.74, 6) is -0.226. The van der Waals surface area contributed by atoms with Gasteiger partial charge in [0.2, 0.25) is 10.0 Å². The summed E-state index contributed by atoms with van der Waals surface area (Å²) in [4.78, 5) is 15.8. The molecule has 3 rings (SSSR count). The van der Waals surface area contributed by atoms with Crippen LogP contribution in [0.3, 0.4) is 0 Å². The Balaban J connectivity index is 1.74. The van der Waals surface area contributed by atoms with E-state index in [2.05, 4.69) is 9.71 Å². The molecule has 29 heavy (non-hydrogen) atoms. The second-order valence-corrected chi connectivity index (χ2v) is 8.10. The van der Waals surface area contributed by atoms with Crippen molar-refractivity contribution in [3.05, 3.63) is 77.5 Å². The van der Waals surface area contributed by atoms with Crippen LogP contribution in [0.1, 0.15) is 21.6 Å². The number of para-hydroxylation sites is 1. The third-order valence-electron chi connectivity index (χ3n) is 4.43. The molecule has 3 aromatic rings. The Morgan fingerprint density at radius 1 is 1.07 bits per heavy atom. The third kappa shape index (κ3) is 4.61. The highest BCUT2D eigenvalue weighted by molar-refractivity contribution is 7.89. The molecule has 1 heterocycles. The zero-order chi connectivity index (χ0) is 21.0. The van der Waals surface area contributed by atoms with Crippen LogP contribution in [0.2, 0.25) is 0 Å². The van der Waals surface area contributed by atoms with Crippen LogP contribution in [0.25, 0.3) is 11.3 Å². The van der Waals surface area contributed by atoms with Crippen molar-refractivity contribution in [1.82, 2.24) is 9.71 Å². The van der Waals surface area contributed by atoms with Gasteiger partial charge in [-0.25, -0.2) is 13.1 Å². The van der Waals surface area contributed by atoms with E-state index in [0.29, 0.717) is 17.0 Å². The lowest BCUT2D eigenvalue weighted by molar-refractivity contribution is 0.0999. The number of pyridine rings is 1. The molecule has 0 aliphatic heterocycles. The molecular weight excluding hydrogens is 390 g/mol. The Bertz CT molecular complexity index is 1140. The number of nitrogens with one attached hydrogen (secondary N) is 1. The van der Waals surface area contributed by atoms with Crippen LogP contribution < -0.4 is 15.2 Å². The predicted octanol–water partition coefficient (Wildman–Crippen LogP) is 2.64. The molecule has 0 saturated carbocycles. The summed E-state index contributed by atoms with van der Waals surface area (Å²) in [6.45, 7) is 1.86. The van der Waals surface area contributed by atoms with Gasteiger partial charge in [-0.2, -0.15) is 0 Å². The van der Waals surface area contributed by atoms with Gasteiger partial charge in [-0.1, -0.05) is 36.4 Å². The van der Waals surface area contributed by atoms with Gasteiger partial charge in [-0.15, -0.1) is 0 Å². The number of sulfonamides is 1. The molecular formula is C21H21N3O4S. The van der Waals surface area contributed by atoms with Crippen molar-refractivity contribution >= 4 is 15.9 Å². The quantitative estimate of drug-likeness (QED) is 0.621. The SMILES string of the molecule is COc1ccccc1S(=O)(=O)NCc1ccc(-c2ccc(C(N)=O)c(C)n2)cc1. The zero-order valence-electron chi connectivity index (χ0n) is 16.0. The molecule has 3 N–H and O–H groups in total. The Labute approximate surface area is 169 Å². The molecule has 1 amide bonds. The van der Waals surface area contributed by atoms with Crippen LogP contribution in [0, 0.1) is 6.92 Å². The van der Waals surface area contributed by atoms with Crippen molar-refractivity contribution in [2.45, 2.75) is 18.4 Å². The number of nitrogens with two attached hydrogens (primary N) is 1. The van der Waals surface area contributed by atoms with Crippen LogP contribution in [-0.2, 0) is 16.6 Å². The van der Waals surface area contributed by atoms with Crippen molar-refractivity contribution in [2.24, 2.45) is 5.73 Å². The Morgan fingerprint density at radius 3 is 2.38 bits per heavy atom. The number of ether oxygens (including phenoxy) is 1. The first-order chi connectivity index (χ1) is 13.8. The minimum Gasteiger partial charge on any atom is -0.495 e. The molecule has 0 unspecified atom stereocenters. The number of carbonyl (C=O) groups is 1. The number of aryl methyl sites for hydroxylation is 1. The van der Waals surface area contributed by atoms with Gasteiger partial charge >= 0.3 is 0 Å². The number of carbonyl (C=O) groups excluding carboxylic acids is 1. The van der Waals surface area contributed by atoms with Gasteiger partial charge in [0.1, 0.15) is 10.6 Å². The Morgan fingerprint density at radius 2 is 1.76 bits per heavy atom. The van der Waals surface area contributed by atoms with Gasteiger partial charge in [0, 0.05) is 12.1 Å². The first-order valence-corrected chi connectivity index (χ1v) is 10.3. The number of benzene rings is 2. The van der Waals surface area contributed by atoms with E-state index in [0.717, 1.165) is 11.1 Å². The van der Waals surface area contributed by atoms with E-state index >= 15 is 0 Å². The number of methoxy groups -OCH3 is 1. The molecule has 0 fully saturated rings. The summed E-state index contributed by atoms with van der Waals surface area (Å²) in [5, 5.41) is 0. The molecule has 150 valence electrons. The standard InChI is InChI=1S/C21H21N3O4S/c1-14-17(21(22)25)11-12-18(24-14)16-9-7-15(8-10-16)13-23-29(26,27)20-6-4-3-5-19(20)28-2/h3-12,23H,13H2,1-2H3,(H2,22,25). The monoisotopic (exact) mass is 411 g/mol. The van der Waals surface area contributed by atoms with E-state index in [1.807, 2.05) is 24.3 Å². The fourth-order valence-electron chi connectivity index (χ4n) is 2.87. The highest BCUT2D eigenvalue weighted by Crippen LogP contribution is 2.23. The molecule has 0 aliphatic rings. The smallest absolute Gasteiger partial charge is 0.250 e. The van der Waals surface area contributed by atoms with Crippen LogP contribution in [-0.4, -0.2) is 26.4 Å². The molecule has 7 nitrogen and oxygen atoms in total. The van der Waals surface area contributed by atoms with Crippen molar-refractivity contribution in [2.75, 3.05) is 7.11 Å². The van der Waals surface area contributed by atoms with Crippen molar-refractivity contribution in [1.29, 1.82) is 0 Å². The summed E-state index contributed by atoms with van der Waals surface area (Å²) in [7, 11) is -2.28. The van der Waals surface area contributed by atoms with Crippen LogP contribution in [0.5, 0.6) is 5.75 Å². The predicted molar refractivity (Wildman–Crippen MR) is 110 cm³/mol. The average Bonchev–Trinajstić information content (AvgIpc) is 2.72.